The van der Waals surface area contributed by atoms with Gasteiger partial charge in [0.15, 0.2) is 0 Å². The number of nitrogens with two attached hydrogens (primary N) is 1. The van der Waals surface area contributed by atoms with Crippen LogP contribution in [0.4, 0.5) is 0 Å². The van der Waals surface area contributed by atoms with Crippen LogP contribution < -0.4 is 5.73 Å². The fraction of sp³-hybridized carbons (Fsp3) is 0.533. The molecule has 2 N–H and O–H groups in total. The molecule has 118 valence electrons. The van der Waals surface area contributed by atoms with Gasteiger partial charge in [-0.2, -0.15) is 0 Å². The molecule has 0 aliphatic heterocycles. The van der Waals surface area contributed by atoms with E-state index in [1.54, 1.807) is 18.0 Å². The average Bonchev–Trinajstić information content (AvgIpc) is 2.37. The molecular weight excluding hydrogens is 331 g/mol. The lowest BCUT2D eigenvalue weighted by atomic mass is 9.81. The maximum Gasteiger partial charge on any atom is 0.242 e. The third kappa shape index (κ3) is 4.75. The Morgan fingerprint density at radius 3 is 2.24 bits per heavy atom. The minimum atomic E-state index is -0.699. The van der Waals surface area contributed by atoms with Gasteiger partial charge in [-0.3, -0.25) is 4.79 Å². The first-order valence-corrected chi connectivity index (χ1v) is 7.66. The molecule has 1 fully saturated rings. The van der Waals surface area contributed by atoms with E-state index in [1.165, 1.54) is 6.42 Å². The Hall–Kier alpha value is -0.480. The number of carbonyl (C=O) groups is 1. The van der Waals surface area contributed by atoms with E-state index < -0.39 is 5.54 Å². The first-order valence-electron chi connectivity index (χ1n) is 6.90. The SMILES string of the molecule is CN(Cc1cc(Cl)cc(Cl)c1)C(=O)C1(N)CCCCC1.Cl. The van der Waals surface area contributed by atoms with Gasteiger partial charge in [-0.1, -0.05) is 42.5 Å². The van der Waals surface area contributed by atoms with Gasteiger partial charge in [-0.05, 0) is 36.6 Å². The quantitative estimate of drug-likeness (QED) is 0.893. The number of benzene rings is 1. The zero-order chi connectivity index (χ0) is 14.8. The molecule has 1 aliphatic carbocycles. The van der Waals surface area contributed by atoms with Gasteiger partial charge < -0.3 is 10.6 Å². The van der Waals surface area contributed by atoms with E-state index in [1.807, 2.05) is 12.1 Å². The molecule has 0 saturated heterocycles. The smallest absolute Gasteiger partial charge is 0.242 e. The largest absolute Gasteiger partial charge is 0.340 e. The molecule has 0 heterocycles. The highest BCUT2D eigenvalue weighted by Crippen LogP contribution is 2.28. The van der Waals surface area contributed by atoms with Gasteiger partial charge in [0.2, 0.25) is 5.91 Å². The second-order valence-electron chi connectivity index (χ2n) is 5.66. The van der Waals surface area contributed by atoms with Gasteiger partial charge in [-0.25, -0.2) is 0 Å². The Morgan fingerprint density at radius 1 is 1.19 bits per heavy atom. The molecular formula is C15H21Cl3N2O. The lowest BCUT2D eigenvalue weighted by Crippen LogP contribution is -2.55. The summed E-state index contributed by atoms with van der Waals surface area (Å²) in [6.07, 6.45) is 4.76. The first kappa shape index (κ1) is 18.6. The van der Waals surface area contributed by atoms with Crippen LogP contribution in [0, 0.1) is 0 Å². The van der Waals surface area contributed by atoms with E-state index in [0.717, 1.165) is 31.2 Å². The van der Waals surface area contributed by atoms with Crippen molar-refractivity contribution >= 4 is 41.5 Å². The van der Waals surface area contributed by atoms with Gasteiger partial charge in [0, 0.05) is 23.6 Å². The van der Waals surface area contributed by atoms with Crippen LogP contribution in [0.3, 0.4) is 0 Å². The number of hydrogen-bond donors (Lipinski definition) is 1. The minimum Gasteiger partial charge on any atom is -0.340 e. The van der Waals surface area contributed by atoms with E-state index in [0.29, 0.717) is 16.6 Å². The molecule has 3 nitrogen and oxygen atoms in total. The first-order chi connectivity index (χ1) is 9.40. The summed E-state index contributed by atoms with van der Waals surface area (Å²) in [5.41, 5.74) is 6.49. The molecule has 1 aliphatic rings. The van der Waals surface area contributed by atoms with E-state index in [9.17, 15) is 4.79 Å². The van der Waals surface area contributed by atoms with Gasteiger partial charge >= 0.3 is 0 Å². The lowest BCUT2D eigenvalue weighted by Gasteiger charge is -2.35. The summed E-state index contributed by atoms with van der Waals surface area (Å²) in [5, 5.41) is 1.15. The topological polar surface area (TPSA) is 46.3 Å². The Bertz CT molecular complexity index is 481. The molecule has 0 aromatic heterocycles. The van der Waals surface area contributed by atoms with Crippen molar-refractivity contribution in [1.82, 2.24) is 4.90 Å². The highest BCUT2D eigenvalue weighted by Gasteiger charge is 2.37. The van der Waals surface area contributed by atoms with Crippen molar-refractivity contribution < 1.29 is 4.79 Å². The zero-order valence-corrected chi connectivity index (χ0v) is 14.4. The minimum absolute atomic E-state index is 0. The molecule has 0 bridgehead atoms. The maximum atomic E-state index is 12.5. The van der Waals surface area contributed by atoms with Crippen LogP contribution >= 0.6 is 35.6 Å². The third-order valence-corrected chi connectivity index (χ3v) is 4.30. The van der Waals surface area contributed by atoms with Crippen molar-refractivity contribution in [2.75, 3.05) is 7.05 Å². The highest BCUT2D eigenvalue weighted by molar-refractivity contribution is 6.34. The van der Waals surface area contributed by atoms with Crippen LogP contribution in [-0.4, -0.2) is 23.4 Å². The second kappa shape index (κ2) is 7.68. The summed E-state index contributed by atoms with van der Waals surface area (Å²) >= 11 is 12.0. The number of amides is 1. The molecule has 1 aromatic rings. The Morgan fingerprint density at radius 2 is 1.71 bits per heavy atom. The van der Waals surface area contributed by atoms with Crippen LogP contribution in [0.2, 0.25) is 10.0 Å². The molecule has 0 radical (unpaired) electrons. The molecule has 1 saturated carbocycles. The van der Waals surface area contributed by atoms with E-state index >= 15 is 0 Å². The summed E-state index contributed by atoms with van der Waals surface area (Å²) in [7, 11) is 1.78. The van der Waals surface area contributed by atoms with Crippen molar-refractivity contribution in [3.63, 3.8) is 0 Å². The lowest BCUT2D eigenvalue weighted by molar-refractivity contribution is -0.137. The summed E-state index contributed by atoms with van der Waals surface area (Å²) in [6, 6.07) is 5.32. The zero-order valence-electron chi connectivity index (χ0n) is 12.1. The van der Waals surface area contributed by atoms with Crippen molar-refractivity contribution in [2.24, 2.45) is 5.73 Å². The number of hydrogen-bond acceptors (Lipinski definition) is 2. The summed E-state index contributed by atoms with van der Waals surface area (Å²) < 4.78 is 0. The van der Waals surface area contributed by atoms with Crippen molar-refractivity contribution in [2.45, 2.75) is 44.2 Å². The molecule has 0 unspecified atom stereocenters. The van der Waals surface area contributed by atoms with Crippen LogP contribution in [0.5, 0.6) is 0 Å². The molecule has 0 spiro atoms. The fourth-order valence-corrected chi connectivity index (χ4v) is 3.40. The van der Waals surface area contributed by atoms with Gasteiger partial charge in [-0.15, -0.1) is 12.4 Å². The van der Waals surface area contributed by atoms with Crippen molar-refractivity contribution in [3.8, 4) is 0 Å². The highest BCUT2D eigenvalue weighted by atomic mass is 35.5. The van der Waals surface area contributed by atoms with Gasteiger partial charge in [0.05, 0.1) is 5.54 Å². The molecule has 0 atom stereocenters. The second-order valence-corrected chi connectivity index (χ2v) is 6.53. The van der Waals surface area contributed by atoms with Crippen molar-refractivity contribution in [1.29, 1.82) is 0 Å². The number of nitrogens with zero attached hydrogens (tertiary/aromatic N) is 1. The Balaban J connectivity index is 0.00000220. The third-order valence-electron chi connectivity index (χ3n) is 3.86. The monoisotopic (exact) mass is 350 g/mol. The molecule has 21 heavy (non-hydrogen) atoms. The Labute approximate surface area is 142 Å². The normalized spacial score (nSPS) is 17.0. The van der Waals surface area contributed by atoms with E-state index in [4.69, 9.17) is 28.9 Å². The number of rotatable bonds is 3. The number of carbonyl (C=O) groups excluding carboxylic acids is 1. The van der Waals surface area contributed by atoms with E-state index in [-0.39, 0.29) is 18.3 Å². The van der Waals surface area contributed by atoms with Gasteiger partial charge in [0.1, 0.15) is 0 Å². The van der Waals surface area contributed by atoms with Crippen LogP contribution in [0.1, 0.15) is 37.7 Å². The maximum absolute atomic E-state index is 12.5. The van der Waals surface area contributed by atoms with Crippen LogP contribution in [-0.2, 0) is 11.3 Å². The Kier molecular flexibility index (Phi) is 6.79. The van der Waals surface area contributed by atoms with Crippen LogP contribution in [0.15, 0.2) is 18.2 Å². The molecule has 1 aromatic carbocycles. The standard InChI is InChI=1S/C15H20Cl2N2O.ClH/c1-19(10-11-7-12(16)9-13(17)8-11)14(20)15(18)5-3-2-4-6-15;/h7-9H,2-6,10,18H2,1H3;1H. The summed E-state index contributed by atoms with van der Waals surface area (Å²) in [6.45, 7) is 0.470. The van der Waals surface area contributed by atoms with Crippen molar-refractivity contribution in [3.05, 3.63) is 33.8 Å². The predicted octanol–water partition coefficient (Wildman–Crippen LogP) is 4.04. The predicted molar refractivity (Wildman–Crippen MR) is 90.2 cm³/mol. The van der Waals surface area contributed by atoms with Crippen LogP contribution in [0.25, 0.3) is 0 Å². The number of likely N-dealkylation sites (N-methyl/N-ethyl adjacent to an activating group) is 1. The summed E-state index contributed by atoms with van der Waals surface area (Å²) in [5.74, 6) is 0.00768. The average molecular weight is 352 g/mol. The molecule has 2 rings (SSSR count). The fourth-order valence-electron chi connectivity index (χ4n) is 2.82. The van der Waals surface area contributed by atoms with E-state index in [2.05, 4.69) is 0 Å². The summed E-state index contributed by atoms with van der Waals surface area (Å²) in [4.78, 5) is 14.2. The molecule has 1 amide bonds. The van der Waals surface area contributed by atoms with Gasteiger partial charge in [0.25, 0.3) is 0 Å². The number of halogens is 3. The molecule has 6 heteroatoms.